The Bertz CT molecular complexity index is 715. The fourth-order valence-corrected chi connectivity index (χ4v) is 3.14. The molecule has 1 aliphatic heterocycles. The van der Waals surface area contributed by atoms with Crippen LogP contribution in [0.5, 0.6) is 0 Å². The summed E-state index contributed by atoms with van der Waals surface area (Å²) in [4.78, 5) is 14.3. The summed E-state index contributed by atoms with van der Waals surface area (Å²) in [6.45, 7) is 2.74. The molecule has 1 aromatic heterocycles. The molecule has 0 bridgehead atoms. The van der Waals surface area contributed by atoms with E-state index in [0.29, 0.717) is 13.0 Å². The number of halogens is 1. The van der Waals surface area contributed by atoms with Crippen LogP contribution >= 0.6 is 0 Å². The van der Waals surface area contributed by atoms with Gasteiger partial charge in [0, 0.05) is 25.8 Å². The van der Waals surface area contributed by atoms with Crippen molar-refractivity contribution in [3.05, 3.63) is 48.0 Å². The summed E-state index contributed by atoms with van der Waals surface area (Å²) in [5.74, 6) is -0.0786. The third kappa shape index (κ3) is 3.64. The van der Waals surface area contributed by atoms with Crippen LogP contribution in [0.2, 0.25) is 0 Å². The number of aryl methyl sites for hydroxylation is 2. The minimum atomic E-state index is -0.180. The van der Waals surface area contributed by atoms with Gasteiger partial charge < -0.3 is 10.2 Å². The molecule has 1 saturated heterocycles. The maximum absolute atomic E-state index is 13.7. The molecule has 5 nitrogen and oxygen atoms in total. The molecule has 6 heteroatoms. The zero-order valence-corrected chi connectivity index (χ0v) is 14.1. The van der Waals surface area contributed by atoms with E-state index in [0.717, 1.165) is 24.1 Å². The third-order valence-electron chi connectivity index (χ3n) is 4.50. The standard InChI is InChI=1S/C18H23FN4O/c1-13(7-8-14-5-3-4-6-16(14)19)21-17-9-10-23(18(17)24)15-11-20-22(2)12-15/h3-6,11-13,17,21H,7-10H2,1-2H3. The Hall–Kier alpha value is -2.21. The van der Waals surface area contributed by atoms with E-state index in [2.05, 4.69) is 10.4 Å². The molecule has 2 heterocycles. The fraction of sp³-hybridized carbons (Fsp3) is 0.444. The summed E-state index contributed by atoms with van der Waals surface area (Å²) < 4.78 is 15.4. The largest absolute Gasteiger partial charge is 0.308 e. The van der Waals surface area contributed by atoms with Gasteiger partial charge in [-0.2, -0.15) is 5.10 Å². The molecule has 24 heavy (non-hydrogen) atoms. The summed E-state index contributed by atoms with van der Waals surface area (Å²) in [7, 11) is 1.84. The molecule has 1 aromatic carbocycles. The molecule has 1 N–H and O–H groups in total. The van der Waals surface area contributed by atoms with Crippen LogP contribution in [0.3, 0.4) is 0 Å². The number of hydrogen-bond acceptors (Lipinski definition) is 3. The number of anilines is 1. The lowest BCUT2D eigenvalue weighted by atomic mass is 10.0. The fourth-order valence-electron chi connectivity index (χ4n) is 3.14. The third-order valence-corrected chi connectivity index (χ3v) is 4.50. The van der Waals surface area contributed by atoms with Crippen LogP contribution < -0.4 is 10.2 Å². The lowest BCUT2D eigenvalue weighted by molar-refractivity contribution is -0.119. The lowest BCUT2D eigenvalue weighted by Gasteiger charge is -2.19. The van der Waals surface area contributed by atoms with E-state index in [1.807, 2.05) is 32.3 Å². The molecule has 0 aliphatic carbocycles. The first-order valence-corrected chi connectivity index (χ1v) is 8.34. The van der Waals surface area contributed by atoms with Gasteiger partial charge in [-0.15, -0.1) is 0 Å². The molecule has 0 spiro atoms. The van der Waals surface area contributed by atoms with E-state index < -0.39 is 0 Å². The van der Waals surface area contributed by atoms with Gasteiger partial charge in [0.15, 0.2) is 0 Å². The summed E-state index contributed by atoms with van der Waals surface area (Å²) in [6.07, 6.45) is 5.78. The molecule has 0 saturated carbocycles. The van der Waals surface area contributed by atoms with Crippen molar-refractivity contribution in [2.24, 2.45) is 7.05 Å². The Morgan fingerprint density at radius 3 is 2.92 bits per heavy atom. The molecule has 2 aromatic rings. The molecule has 128 valence electrons. The second kappa shape index (κ2) is 7.13. The van der Waals surface area contributed by atoms with E-state index >= 15 is 0 Å². The number of carbonyl (C=O) groups excluding carboxylic acids is 1. The second-order valence-electron chi connectivity index (χ2n) is 6.40. The number of aromatic nitrogens is 2. The average Bonchev–Trinajstić information content (AvgIpc) is 3.13. The van der Waals surface area contributed by atoms with Gasteiger partial charge in [0.05, 0.1) is 17.9 Å². The van der Waals surface area contributed by atoms with Crippen LogP contribution in [0, 0.1) is 5.82 Å². The van der Waals surface area contributed by atoms with E-state index in [-0.39, 0.29) is 23.8 Å². The number of rotatable bonds is 6. The lowest BCUT2D eigenvalue weighted by Crippen LogP contribution is -2.42. The van der Waals surface area contributed by atoms with Crippen LogP contribution in [0.4, 0.5) is 10.1 Å². The minimum Gasteiger partial charge on any atom is -0.308 e. The minimum absolute atomic E-state index is 0.0840. The molecule has 0 radical (unpaired) electrons. The Balaban J connectivity index is 1.53. The number of carbonyl (C=O) groups is 1. The molecule has 2 atom stereocenters. The highest BCUT2D eigenvalue weighted by Crippen LogP contribution is 2.21. The molecule has 1 aliphatic rings. The van der Waals surface area contributed by atoms with Crippen molar-refractivity contribution in [1.29, 1.82) is 0 Å². The molecule has 1 fully saturated rings. The van der Waals surface area contributed by atoms with Gasteiger partial charge in [-0.05, 0) is 37.8 Å². The second-order valence-corrected chi connectivity index (χ2v) is 6.40. The number of amides is 1. The van der Waals surface area contributed by atoms with Crippen LogP contribution in [0.25, 0.3) is 0 Å². The van der Waals surface area contributed by atoms with Gasteiger partial charge in [-0.3, -0.25) is 9.48 Å². The number of nitrogens with zero attached hydrogens (tertiary/aromatic N) is 3. The first-order chi connectivity index (χ1) is 11.5. The van der Waals surface area contributed by atoms with Crippen molar-refractivity contribution < 1.29 is 9.18 Å². The molecule has 1 amide bonds. The average molecular weight is 330 g/mol. The maximum atomic E-state index is 13.7. The molecule has 2 unspecified atom stereocenters. The van der Waals surface area contributed by atoms with E-state index in [9.17, 15) is 9.18 Å². The highest BCUT2D eigenvalue weighted by atomic mass is 19.1. The monoisotopic (exact) mass is 330 g/mol. The van der Waals surface area contributed by atoms with Crippen LogP contribution in [0.15, 0.2) is 36.7 Å². The van der Waals surface area contributed by atoms with E-state index in [1.54, 1.807) is 21.8 Å². The Morgan fingerprint density at radius 2 is 2.21 bits per heavy atom. The van der Waals surface area contributed by atoms with Crippen molar-refractivity contribution in [1.82, 2.24) is 15.1 Å². The quantitative estimate of drug-likeness (QED) is 0.884. The van der Waals surface area contributed by atoms with Gasteiger partial charge in [-0.1, -0.05) is 18.2 Å². The highest BCUT2D eigenvalue weighted by molar-refractivity contribution is 5.99. The normalized spacial score (nSPS) is 19.0. The van der Waals surface area contributed by atoms with Crippen LogP contribution in [-0.4, -0.2) is 34.3 Å². The van der Waals surface area contributed by atoms with Crippen molar-refractivity contribution in [3.8, 4) is 0 Å². The Kier molecular flexibility index (Phi) is 4.94. The predicted molar refractivity (Wildman–Crippen MR) is 91.3 cm³/mol. The maximum Gasteiger partial charge on any atom is 0.244 e. The number of hydrogen-bond donors (Lipinski definition) is 1. The Labute approximate surface area is 141 Å². The number of nitrogens with one attached hydrogen (secondary N) is 1. The summed E-state index contributed by atoms with van der Waals surface area (Å²) in [5, 5.41) is 7.50. The van der Waals surface area contributed by atoms with Crippen LogP contribution in [-0.2, 0) is 18.3 Å². The molecular formula is C18H23FN4O. The van der Waals surface area contributed by atoms with Gasteiger partial charge in [0.2, 0.25) is 5.91 Å². The zero-order chi connectivity index (χ0) is 17.1. The molecular weight excluding hydrogens is 307 g/mol. The van der Waals surface area contributed by atoms with Crippen molar-refractivity contribution >= 4 is 11.6 Å². The SMILES string of the molecule is CC(CCc1ccccc1F)NC1CCN(c2cnn(C)c2)C1=O. The zero-order valence-electron chi connectivity index (χ0n) is 14.1. The van der Waals surface area contributed by atoms with Crippen molar-refractivity contribution in [3.63, 3.8) is 0 Å². The first kappa shape index (κ1) is 16.6. The van der Waals surface area contributed by atoms with Crippen molar-refractivity contribution in [2.45, 2.75) is 38.3 Å². The van der Waals surface area contributed by atoms with Crippen LogP contribution in [0.1, 0.15) is 25.3 Å². The first-order valence-electron chi connectivity index (χ1n) is 8.34. The highest BCUT2D eigenvalue weighted by Gasteiger charge is 2.33. The molecule has 3 rings (SSSR count). The van der Waals surface area contributed by atoms with Gasteiger partial charge in [0.1, 0.15) is 5.82 Å². The van der Waals surface area contributed by atoms with E-state index in [4.69, 9.17) is 0 Å². The predicted octanol–water partition coefficient (Wildman–Crippen LogP) is 2.28. The summed E-state index contributed by atoms with van der Waals surface area (Å²) >= 11 is 0. The summed E-state index contributed by atoms with van der Waals surface area (Å²) in [6, 6.07) is 6.81. The smallest absolute Gasteiger partial charge is 0.244 e. The van der Waals surface area contributed by atoms with Gasteiger partial charge >= 0.3 is 0 Å². The van der Waals surface area contributed by atoms with Gasteiger partial charge in [-0.25, -0.2) is 4.39 Å². The topological polar surface area (TPSA) is 50.2 Å². The van der Waals surface area contributed by atoms with Gasteiger partial charge in [0.25, 0.3) is 0 Å². The van der Waals surface area contributed by atoms with Crippen molar-refractivity contribution in [2.75, 3.05) is 11.4 Å². The Morgan fingerprint density at radius 1 is 1.42 bits per heavy atom. The summed E-state index contributed by atoms with van der Waals surface area (Å²) in [5.41, 5.74) is 1.56. The number of benzene rings is 1. The van der Waals surface area contributed by atoms with E-state index in [1.165, 1.54) is 6.07 Å².